The number of aromatic nitrogens is 2. The van der Waals surface area contributed by atoms with Crippen LogP contribution in [0.2, 0.25) is 0 Å². The lowest BCUT2D eigenvalue weighted by Crippen LogP contribution is -2.11. The van der Waals surface area contributed by atoms with Crippen molar-refractivity contribution in [1.82, 2.24) is 9.55 Å². The molecule has 4 aromatic rings. The molecule has 3 heteroatoms. The second kappa shape index (κ2) is 10.2. The maximum atomic E-state index is 6.05. The van der Waals surface area contributed by atoms with E-state index in [1.807, 2.05) is 0 Å². The molecule has 1 heterocycles. The monoisotopic (exact) mass is 440 g/mol. The lowest BCUT2D eigenvalue weighted by atomic mass is 9.96. The largest absolute Gasteiger partial charge is 0.494 e. The van der Waals surface area contributed by atoms with E-state index in [1.165, 1.54) is 27.8 Å². The van der Waals surface area contributed by atoms with Gasteiger partial charge >= 0.3 is 0 Å². The minimum atomic E-state index is 0.228. The fourth-order valence-electron chi connectivity index (χ4n) is 4.44. The molecule has 0 saturated carbocycles. The molecule has 0 aliphatic carbocycles. The van der Waals surface area contributed by atoms with Crippen molar-refractivity contribution < 1.29 is 4.74 Å². The maximum absolute atomic E-state index is 6.05. The minimum Gasteiger partial charge on any atom is -0.494 e. The van der Waals surface area contributed by atoms with E-state index in [-0.39, 0.29) is 5.92 Å². The van der Waals surface area contributed by atoms with Crippen molar-refractivity contribution in [2.45, 2.75) is 59.9 Å². The smallest absolute Gasteiger partial charge is 0.119 e. The van der Waals surface area contributed by atoms with E-state index in [0.29, 0.717) is 12.5 Å². The van der Waals surface area contributed by atoms with Crippen molar-refractivity contribution in [3.05, 3.63) is 94.8 Å². The summed E-state index contributed by atoms with van der Waals surface area (Å²) in [6.45, 7) is 12.6. The van der Waals surface area contributed by atoms with Gasteiger partial charge in [0.05, 0.1) is 17.6 Å². The molecular weight excluding hydrogens is 404 g/mol. The van der Waals surface area contributed by atoms with E-state index in [0.717, 1.165) is 36.5 Å². The molecule has 0 N–H and O–H groups in total. The second-order valence-electron chi connectivity index (χ2n) is 9.62. The van der Waals surface area contributed by atoms with Crippen LogP contribution in [-0.4, -0.2) is 16.2 Å². The average molecular weight is 441 g/mol. The van der Waals surface area contributed by atoms with Crippen LogP contribution in [0.1, 0.15) is 61.2 Å². The number of rotatable bonds is 9. The van der Waals surface area contributed by atoms with Crippen molar-refractivity contribution in [1.29, 1.82) is 0 Å². The third-order valence-electron chi connectivity index (χ3n) is 6.47. The highest BCUT2D eigenvalue weighted by atomic mass is 16.5. The number of fused-ring (bicyclic) bond motifs is 1. The van der Waals surface area contributed by atoms with Crippen LogP contribution >= 0.6 is 0 Å². The van der Waals surface area contributed by atoms with Gasteiger partial charge in [-0.25, -0.2) is 4.98 Å². The maximum Gasteiger partial charge on any atom is 0.119 e. The van der Waals surface area contributed by atoms with Crippen molar-refractivity contribution in [3.8, 4) is 5.75 Å². The number of aryl methyl sites for hydroxylation is 3. The van der Waals surface area contributed by atoms with E-state index in [9.17, 15) is 0 Å². The zero-order chi connectivity index (χ0) is 23.4. The summed E-state index contributed by atoms with van der Waals surface area (Å²) < 4.78 is 8.43. The van der Waals surface area contributed by atoms with Crippen LogP contribution in [0.15, 0.2) is 66.7 Å². The van der Waals surface area contributed by atoms with Crippen molar-refractivity contribution in [3.63, 3.8) is 0 Å². The van der Waals surface area contributed by atoms with Gasteiger partial charge in [0.25, 0.3) is 0 Å². The van der Waals surface area contributed by atoms with Gasteiger partial charge in [-0.05, 0) is 79.1 Å². The number of benzene rings is 3. The molecule has 1 aromatic heterocycles. The summed E-state index contributed by atoms with van der Waals surface area (Å²) in [6.07, 6.45) is 2.05. The molecule has 0 fully saturated rings. The quantitative estimate of drug-likeness (QED) is 0.252. The van der Waals surface area contributed by atoms with Gasteiger partial charge in [0.2, 0.25) is 0 Å². The first-order valence-electron chi connectivity index (χ1n) is 12.2. The third-order valence-corrected chi connectivity index (χ3v) is 6.47. The molecule has 3 aromatic carbocycles. The Kier molecular flexibility index (Phi) is 7.17. The molecule has 1 unspecified atom stereocenters. The van der Waals surface area contributed by atoms with Crippen LogP contribution in [0, 0.1) is 19.8 Å². The molecular formula is C30H36N2O. The Balaban J connectivity index is 1.50. The standard InChI is InChI=1S/C30H36N2O/c1-21(2)19-25-12-14-26(15-13-25)24(5)30-31-28-9-6-7-10-29(28)32(30)17-8-18-33-27-16-11-22(3)23(4)20-27/h6-7,9-16,20-21,24H,8,17-19H2,1-5H3. The molecule has 0 aliphatic rings. The highest BCUT2D eigenvalue weighted by Gasteiger charge is 2.18. The minimum absolute atomic E-state index is 0.228. The summed E-state index contributed by atoms with van der Waals surface area (Å²) in [5, 5.41) is 0. The van der Waals surface area contributed by atoms with Crippen molar-refractivity contribution in [2.24, 2.45) is 5.92 Å². The van der Waals surface area contributed by atoms with Gasteiger partial charge in [0.15, 0.2) is 0 Å². The molecule has 0 amide bonds. The van der Waals surface area contributed by atoms with Crippen LogP contribution in [-0.2, 0) is 13.0 Å². The van der Waals surface area contributed by atoms with E-state index < -0.39 is 0 Å². The Bertz CT molecular complexity index is 1200. The first-order chi connectivity index (χ1) is 15.9. The van der Waals surface area contributed by atoms with Gasteiger partial charge in [0, 0.05) is 12.5 Å². The van der Waals surface area contributed by atoms with Crippen LogP contribution in [0.4, 0.5) is 0 Å². The molecule has 33 heavy (non-hydrogen) atoms. The number of hydrogen-bond acceptors (Lipinski definition) is 2. The Morgan fingerprint density at radius 2 is 1.64 bits per heavy atom. The third kappa shape index (κ3) is 5.47. The second-order valence-corrected chi connectivity index (χ2v) is 9.62. The predicted molar refractivity (Wildman–Crippen MR) is 138 cm³/mol. The van der Waals surface area contributed by atoms with Crippen LogP contribution in [0.3, 0.4) is 0 Å². The number of imidazole rings is 1. The SMILES string of the molecule is Cc1ccc(OCCCn2c(C(C)c3ccc(CC(C)C)cc3)nc3ccccc32)cc1C. The number of para-hydroxylation sites is 2. The average Bonchev–Trinajstić information content (AvgIpc) is 3.17. The molecule has 0 radical (unpaired) electrons. The van der Waals surface area contributed by atoms with E-state index in [1.54, 1.807) is 0 Å². The first kappa shape index (κ1) is 23.1. The fraction of sp³-hybridized carbons (Fsp3) is 0.367. The Hall–Kier alpha value is -3.07. The van der Waals surface area contributed by atoms with Gasteiger partial charge in [-0.15, -0.1) is 0 Å². The highest BCUT2D eigenvalue weighted by molar-refractivity contribution is 5.76. The van der Waals surface area contributed by atoms with Crippen molar-refractivity contribution >= 4 is 11.0 Å². The summed E-state index contributed by atoms with van der Waals surface area (Å²) in [7, 11) is 0. The fourth-order valence-corrected chi connectivity index (χ4v) is 4.44. The zero-order valence-electron chi connectivity index (χ0n) is 20.6. The zero-order valence-corrected chi connectivity index (χ0v) is 20.6. The molecule has 0 spiro atoms. The lowest BCUT2D eigenvalue weighted by molar-refractivity contribution is 0.301. The van der Waals surface area contributed by atoms with E-state index in [2.05, 4.69) is 106 Å². The van der Waals surface area contributed by atoms with Crippen LogP contribution in [0.25, 0.3) is 11.0 Å². The molecule has 1 atom stereocenters. The number of hydrogen-bond donors (Lipinski definition) is 0. The summed E-state index contributed by atoms with van der Waals surface area (Å²) >= 11 is 0. The normalized spacial score (nSPS) is 12.4. The molecule has 3 nitrogen and oxygen atoms in total. The lowest BCUT2D eigenvalue weighted by Gasteiger charge is -2.16. The van der Waals surface area contributed by atoms with E-state index >= 15 is 0 Å². The van der Waals surface area contributed by atoms with Crippen LogP contribution < -0.4 is 4.74 Å². The van der Waals surface area contributed by atoms with Gasteiger partial charge in [0.1, 0.15) is 11.6 Å². The Morgan fingerprint density at radius 1 is 0.879 bits per heavy atom. The number of nitrogens with zero attached hydrogens (tertiary/aromatic N) is 2. The Morgan fingerprint density at radius 3 is 2.36 bits per heavy atom. The molecule has 4 rings (SSSR count). The topological polar surface area (TPSA) is 27.1 Å². The van der Waals surface area contributed by atoms with Crippen LogP contribution in [0.5, 0.6) is 5.75 Å². The molecule has 0 bridgehead atoms. The number of ether oxygens (including phenoxy) is 1. The Labute approximate surface area is 198 Å². The van der Waals surface area contributed by atoms with Crippen molar-refractivity contribution in [2.75, 3.05) is 6.61 Å². The summed E-state index contributed by atoms with van der Waals surface area (Å²) in [4.78, 5) is 5.04. The summed E-state index contributed by atoms with van der Waals surface area (Å²) in [6, 6.07) is 23.9. The predicted octanol–water partition coefficient (Wildman–Crippen LogP) is 7.47. The van der Waals surface area contributed by atoms with Gasteiger partial charge in [-0.2, -0.15) is 0 Å². The summed E-state index contributed by atoms with van der Waals surface area (Å²) in [5.74, 6) is 2.97. The summed E-state index contributed by atoms with van der Waals surface area (Å²) in [5.41, 5.74) is 7.53. The molecule has 0 saturated heterocycles. The molecule has 0 aliphatic heterocycles. The van der Waals surface area contributed by atoms with Gasteiger partial charge in [-0.3, -0.25) is 0 Å². The van der Waals surface area contributed by atoms with Gasteiger partial charge < -0.3 is 9.30 Å². The van der Waals surface area contributed by atoms with E-state index in [4.69, 9.17) is 9.72 Å². The highest BCUT2D eigenvalue weighted by Crippen LogP contribution is 2.28. The van der Waals surface area contributed by atoms with Gasteiger partial charge in [-0.1, -0.05) is 63.2 Å². The first-order valence-corrected chi connectivity index (χ1v) is 12.2. The molecule has 172 valence electrons.